The number of rotatable bonds is 4. The van der Waals surface area contributed by atoms with Gasteiger partial charge in [-0.05, 0) is 19.4 Å². The van der Waals surface area contributed by atoms with E-state index in [1.54, 1.807) is 10.7 Å². The fraction of sp³-hybridized carbons (Fsp3) is 0.556. The zero-order valence-corrected chi connectivity index (χ0v) is 8.08. The van der Waals surface area contributed by atoms with Gasteiger partial charge in [0.25, 0.3) is 5.91 Å². The summed E-state index contributed by atoms with van der Waals surface area (Å²) in [5.41, 5.74) is 0.496. The highest BCUT2D eigenvalue weighted by Crippen LogP contribution is 1.96. The standard InChI is InChI=1S/C9H15N3O/c1-3-6-12-7-5-8(11-12)9(13)10-4-2/h5,7H,3-4,6H2,1-2H3,(H,10,13). The third-order valence-corrected chi connectivity index (χ3v) is 1.66. The molecule has 0 aliphatic heterocycles. The van der Waals surface area contributed by atoms with Crippen molar-refractivity contribution in [2.45, 2.75) is 26.8 Å². The summed E-state index contributed by atoms with van der Waals surface area (Å²) < 4.78 is 1.78. The van der Waals surface area contributed by atoms with E-state index in [2.05, 4.69) is 17.3 Å². The maximum atomic E-state index is 11.3. The van der Waals surface area contributed by atoms with Crippen molar-refractivity contribution in [2.75, 3.05) is 6.54 Å². The summed E-state index contributed by atoms with van der Waals surface area (Å²) in [5, 5.41) is 6.83. The number of hydrogen-bond acceptors (Lipinski definition) is 2. The number of aryl methyl sites for hydroxylation is 1. The monoisotopic (exact) mass is 181 g/mol. The maximum Gasteiger partial charge on any atom is 0.271 e. The molecule has 0 radical (unpaired) electrons. The third-order valence-electron chi connectivity index (χ3n) is 1.66. The van der Waals surface area contributed by atoms with Crippen LogP contribution in [-0.2, 0) is 6.54 Å². The normalized spacial score (nSPS) is 10.0. The maximum absolute atomic E-state index is 11.3. The van der Waals surface area contributed by atoms with Gasteiger partial charge in [0.05, 0.1) is 0 Å². The van der Waals surface area contributed by atoms with Crippen molar-refractivity contribution < 1.29 is 4.79 Å². The largest absolute Gasteiger partial charge is 0.351 e. The van der Waals surface area contributed by atoms with Crippen molar-refractivity contribution >= 4 is 5.91 Å². The van der Waals surface area contributed by atoms with E-state index in [0.717, 1.165) is 13.0 Å². The Morgan fingerprint density at radius 2 is 2.38 bits per heavy atom. The fourth-order valence-corrected chi connectivity index (χ4v) is 1.09. The van der Waals surface area contributed by atoms with Crippen molar-refractivity contribution in [1.82, 2.24) is 15.1 Å². The van der Waals surface area contributed by atoms with Crippen LogP contribution in [0.4, 0.5) is 0 Å². The molecule has 0 saturated heterocycles. The van der Waals surface area contributed by atoms with Crippen molar-refractivity contribution in [1.29, 1.82) is 0 Å². The SMILES string of the molecule is CCCn1ccc(C(=O)NCC)n1. The van der Waals surface area contributed by atoms with Crippen LogP contribution in [-0.4, -0.2) is 22.2 Å². The first-order chi connectivity index (χ1) is 6.27. The number of aromatic nitrogens is 2. The van der Waals surface area contributed by atoms with Gasteiger partial charge in [-0.25, -0.2) is 0 Å². The second kappa shape index (κ2) is 4.64. The van der Waals surface area contributed by atoms with Gasteiger partial charge in [0.1, 0.15) is 5.69 Å². The molecule has 0 atom stereocenters. The van der Waals surface area contributed by atoms with Crippen LogP contribution in [0.5, 0.6) is 0 Å². The van der Waals surface area contributed by atoms with E-state index in [1.165, 1.54) is 0 Å². The Balaban J connectivity index is 2.62. The first kappa shape index (κ1) is 9.77. The van der Waals surface area contributed by atoms with Gasteiger partial charge in [-0.2, -0.15) is 5.10 Å². The highest BCUT2D eigenvalue weighted by atomic mass is 16.1. The van der Waals surface area contributed by atoms with Gasteiger partial charge in [-0.3, -0.25) is 9.48 Å². The molecule has 0 bridgehead atoms. The van der Waals surface area contributed by atoms with E-state index < -0.39 is 0 Å². The van der Waals surface area contributed by atoms with E-state index in [9.17, 15) is 4.79 Å². The van der Waals surface area contributed by atoms with Crippen molar-refractivity contribution in [3.8, 4) is 0 Å². The minimum Gasteiger partial charge on any atom is -0.351 e. The smallest absolute Gasteiger partial charge is 0.271 e. The summed E-state index contributed by atoms with van der Waals surface area (Å²) in [5.74, 6) is -0.0997. The lowest BCUT2D eigenvalue weighted by Gasteiger charge is -1.98. The summed E-state index contributed by atoms with van der Waals surface area (Å²) in [7, 11) is 0. The molecule has 1 aromatic rings. The van der Waals surface area contributed by atoms with Crippen molar-refractivity contribution in [3.63, 3.8) is 0 Å². The Hall–Kier alpha value is -1.32. The van der Waals surface area contributed by atoms with Crippen LogP contribution in [0.25, 0.3) is 0 Å². The minimum atomic E-state index is -0.0997. The minimum absolute atomic E-state index is 0.0997. The molecule has 0 aliphatic rings. The topological polar surface area (TPSA) is 46.9 Å². The molecule has 0 aromatic carbocycles. The molecule has 1 N–H and O–H groups in total. The quantitative estimate of drug-likeness (QED) is 0.754. The van der Waals surface area contributed by atoms with Crippen LogP contribution in [0.1, 0.15) is 30.8 Å². The molecule has 1 rings (SSSR count). The molecule has 0 aliphatic carbocycles. The molecule has 72 valence electrons. The van der Waals surface area contributed by atoms with Gasteiger partial charge in [-0.15, -0.1) is 0 Å². The summed E-state index contributed by atoms with van der Waals surface area (Å²) in [6, 6.07) is 1.74. The van der Waals surface area contributed by atoms with Gasteiger partial charge >= 0.3 is 0 Å². The zero-order chi connectivity index (χ0) is 9.68. The Bertz CT molecular complexity index is 280. The molecule has 0 unspecified atom stereocenters. The molecule has 13 heavy (non-hydrogen) atoms. The second-order valence-corrected chi connectivity index (χ2v) is 2.82. The van der Waals surface area contributed by atoms with Crippen LogP contribution in [0.2, 0.25) is 0 Å². The molecule has 0 spiro atoms. The summed E-state index contributed by atoms with van der Waals surface area (Å²) >= 11 is 0. The lowest BCUT2D eigenvalue weighted by molar-refractivity contribution is 0.0950. The molecular weight excluding hydrogens is 166 g/mol. The summed E-state index contributed by atoms with van der Waals surface area (Å²) in [6.45, 7) is 5.47. The van der Waals surface area contributed by atoms with E-state index in [0.29, 0.717) is 12.2 Å². The molecule has 4 heteroatoms. The lowest BCUT2D eigenvalue weighted by atomic mass is 10.4. The average molecular weight is 181 g/mol. The van der Waals surface area contributed by atoms with E-state index in [1.807, 2.05) is 13.1 Å². The molecule has 1 aromatic heterocycles. The van der Waals surface area contributed by atoms with Crippen molar-refractivity contribution in [3.05, 3.63) is 18.0 Å². The van der Waals surface area contributed by atoms with E-state index in [4.69, 9.17) is 0 Å². The van der Waals surface area contributed by atoms with Crippen LogP contribution in [0.3, 0.4) is 0 Å². The third kappa shape index (κ3) is 2.57. The highest BCUT2D eigenvalue weighted by Gasteiger charge is 2.06. The zero-order valence-electron chi connectivity index (χ0n) is 8.08. The van der Waals surface area contributed by atoms with Gasteiger partial charge in [-0.1, -0.05) is 6.92 Å². The van der Waals surface area contributed by atoms with Crippen molar-refractivity contribution in [2.24, 2.45) is 0 Å². The molecule has 1 amide bonds. The van der Waals surface area contributed by atoms with Gasteiger partial charge < -0.3 is 5.32 Å². The average Bonchev–Trinajstić information content (AvgIpc) is 2.54. The first-order valence-electron chi connectivity index (χ1n) is 4.59. The molecule has 0 saturated carbocycles. The Kier molecular flexibility index (Phi) is 3.49. The molecule has 4 nitrogen and oxygen atoms in total. The lowest BCUT2D eigenvalue weighted by Crippen LogP contribution is -2.23. The predicted octanol–water partition coefficient (Wildman–Crippen LogP) is 1.04. The van der Waals surface area contributed by atoms with Gasteiger partial charge in [0.2, 0.25) is 0 Å². The number of nitrogens with one attached hydrogen (secondary N) is 1. The number of carbonyl (C=O) groups is 1. The van der Waals surface area contributed by atoms with Crippen LogP contribution < -0.4 is 5.32 Å². The van der Waals surface area contributed by atoms with Gasteiger partial charge in [0, 0.05) is 19.3 Å². The number of hydrogen-bond donors (Lipinski definition) is 1. The Morgan fingerprint density at radius 1 is 1.62 bits per heavy atom. The van der Waals surface area contributed by atoms with Crippen LogP contribution in [0.15, 0.2) is 12.3 Å². The van der Waals surface area contributed by atoms with Crippen LogP contribution in [0, 0.1) is 0 Å². The summed E-state index contributed by atoms with van der Waals surface area (Å²) in [6.07, 6.45) is 2.85. The van der Waals surface area contributed by atoms with E-state index >= 15 is 0 Å². The molecule has 0 fully saturated rings. The first-order valence-corrected chi connectivity index (χ1v) is 4.59. The molecular formula is C9H15N3O. The van der Waals surface area contributed by atoms with Gasteiger partial charge in [0.15, 0.2) is 0 Å². The highest BCUT2D eigenvalue weighted by molar-refractivity contribution is 5.92. The molecule has 1 heterocycles. The Labute approximate surface area is 77.9 Å². The van der Waals surface area contributed by atoms with Crippen LogP contribution >= 0.6 is 0 Å². The second-order valence-electron chi connectivity index (χ2n) is 2.82. The number of amides is 1. The Morgan fingerprint density at radius 3 is 3.00 bits per heavy atom. The number of carbonyl (C=O) groups excluding carboxylic acids is 1. The summed E-state index contributed by atoms with van der Waals surface area (Å²) in [4.78, 5) is 11.3. The fourth-order valence-electron chi connectivity index (χ4n) is 1.09. The van der Waals surface area contributed by atoms with E-state index in [-0.39, 0.29) is 5.91 Å². The number of nitrogens with zero attached hydrogens (tertiary/aromatic N) is 2. The predicted molar refractivity (Wildman–Crippen MR) is 50.5 cm³/mol.